The molecular formula is C27H21N3O6. The highest BCUT2D eigenvalue weighted by molar-refractivity contribution is 6.32. The molecule has 0 spiro atoms. The van der Waals surface area contributed by atoms with Crippen molar-refractivity contribution in [3.8, 4) is 0 Å². The van der Waals surface area contributed by atoms with E-state index < -0.39 is 29.8 Å². The second-order valence-corrected chi connectivity index (χ2v) is 8.15. The molecular weight excluding hydrogens is 462 g/mol. The Balaban J connectivity index is 1.88. The lowest BCUT2D eigenvalue weighted by Crippen LogP contribution is -2.42. The van der Waals surface area contributed by atoms with Gasteiger partial charge in [-0.1, -0.05) is 18.2 Å². The number of aromatic nitrogens is 1. The van der Waals surface area contributed by atoms with Crippen LogP contribution in [0.1, 0.15) is 35.8 Å². The molecule has 0 saturated carbocycles. The fourth-order valence-electron chi connectivity index (χ4n) is 4.16. The van der Waals surface area contributed by atoms with Gasteiger partial charge in [0.05, 0.1) is 24.9 Å². The van der Waals surface area contributed by atoms with Crippen molar-refractivity contribution in [1.29, 1.82) is 0 Å². The maximum absolute atomic E-state index is 13.6. The molecule has 2 heterocycles. The van der Waals surface area contributed by atoms with Gasteiger partial charge in [0.2, 0.25) is 0 Å². The number of ether oxygens (including phenoxy) is 1. The van der Waals surface area contributed by atoms with Gasteiger partial charge >= 0.3 is 11.9 Å². The van der Waals surface area contributed by atoms with Gasteiger partial charge in [0.25, 0.3) is 17.5 Å². The molecule has 180 valence electrons. The number of carboxylic acid groups (broad SMARTS) is 1. The predicted molar refractivity (Wildman–Crippen MR) is 132 cm³/mol. The molecule has 9 nitrogen and oxygen atoms in total. The van der Waals surface area contributed by atoms with Gasteiger partial charge in [-0.05, 0) is 55.8 Å². The highest BCUT2D eigenvalue weighted by atomic mass is 16.5. The number of carboxylic acids is 1. The number of methoxy groups -OCH3 is 1. The summed E-state index contributed by atoms with van der Waals surface area (Å²) < 4.78 is 6.62. The lowest BCUT2D eigenvalue weighted by Gasteiger charge is -2.27. The minimum atomic E-state index is -1.14. The Bertz CT molecular complexity index is 1540. The van der Waals surface area contributed by atoms with Crippen LogP contribution in [0.3, 0.4) is 0 Å². The lowest BCUT2D eigenvalue weighted by atomic mass is 9.96. The van der Waals surface area contributed by atoms with Crippen LogP contribution in [0, 0.1) is 6.57 Å². The molecule has 1 aliphatic heterocycles. The van der Waals surface area contributed by atoms with Crippen LogP contribution in [-0.2, 0) is 19.1 Å². The van der Waals surface area contributed by atoms with Gasteiger partial charge < -0.3 is 14.4 Å². The van der Waals surface area contributed by atoms with E-state index >= 15 is 0 Å². The summed E-state index contributed by atoms with van der Waals surface area (Å²) in [6, 6.07) is 12.0. The molecule has 0 fully saturated rings. The van der Waals surface area contributed by atoms with Crippen molar-refractivity contribution in [3.63, 3.8) is 0 Å². The molecule has 2 aromatic carbocycles. The number of aromatic carboxylic acids is 1. The molecule has 1 aliphatic rings. The molecule has 1 atom stereocenters. The van der Waals surface area contributed by atoms with E-state index in [2.05, 4.69) is 4.85 Å². The van der Waals surface area contributed by atoms with Crippen molar-refractivity contribution in [2.75, 3.05) is 12.0 Å². The van der Waals surface area contributed by atoms with Crippen molar-refractivity contribution in [1.82, 2.24) is 4.57 Å². The second kappa shape index (κ2) is 9.35. The Hall–Kier alpha value is -4.97. The first-order valence-corrected chi connectivity index (χ1v) is 10.9. The van der Waals surface area contributed by atoms with Crippen LogP contribution < -0.4 is 4.90 Å². The molecule has 36 heavy (non-hydrogen) atoms. The number of rotatable bonds is 5. The standard InChI is InChI=1S/C27H21N3O6/c1-15-21(13-18-14-29(16(2)27(35)36-4)22-8-6-5-7-20(18)22)24(31)30(25(32)23(15)28-3)19-11-9-17(10-12-19)26(33)34/h5-14,16H,1-2,4H3,(H,33,34)/b21-13-. The topological polar surface area (TPSA) is 110 Å². The monoisotopic (exact) mass is 483 g/mol. The van der Waals surface area contributed by atoms with Crippen molar-refractivity contribution in [2.45, 2.75) is 19.9 Å². The third-order valence-electron chi connectivity index (χ3n) is 6.11. The molecule has 0 radical (unpaired) electrons. The number of amides is 2. The molecule has 0 aliphatic carbocycles. The van der Waals surface area contributed by atoms with Crippen molar-refractivity contribution in [3.05, 3.63) is 94.1 Å². The molecule has 1 N–H and O–H groups in total. The zero-order valence-corrected chi connectivity index (χ0v) is 19.7. The van der Waals surface area contributed by atoms with Gasteiger partial charge in [-0.3, -0.25) is 14.5 Å². The number of anilines is 1. The average Bonchev–Trinajstić information content (AvgIpc) is 3.24. The van der Waals surface area contributed by atoms with Gasteiger partial charge in [-0.15, -0.1) is 0 Å². The van der Waals surface area contributed by atoms with Gasteiger partial charge in [0.15, 0.2) is 0 Å². The maximum atomic E-state index is 13.6. The average molecular weight is 483 g/mol. The van der Waals surface area contributed by atoms with E-state index in [-0.39, 0.29) is 28.1 Å². The maximum Gasteiger partial charge on any atom is 0.335 e. The Morgan fingerprint density at radius 3 is 2.36 bits per heavy atom. The number of nitrogens with zero attached hydrogens (tertiary/aromatic N) is 3. The van der Waals surface area contributed by atoms with Crippen molar-refractivity contribution in [2.24, 2.45) is 0 Å². The van der Waals surface area contributed by atoms with Crippen molar-refractivity contribution < 1.29 is 29.0 Å². The lowest BCUT2D eigenvalue weighted by molar-refractivity contribution is -0.143. The summed E-state index contributed by atoms with van der Waals surface area (Å²) in [4.78, 5) is 54.3. The first-order valence-electron chi connectivity index (χ1n) is 10.9. The summed E-state index contributed by atoms with van der Waals surface area (Å²) in [5.41, 5.74) is 1.66. The van der Waals surface area contributed by atoms with Crippen LogP contribution in [-0.4, -0.2) is 40.5 Å². The zero-order chi connectivity index (χ0) is 26.1. The SMILES string of the molecule is [C-]#[N+]C1=C(C)/C(=C/c2cn(C(C)C(=O)OC)c3ccccc23)C(=O)N(c2ccc(C(=O)O)cc2)C1=O. The molecule has 1 unspecified atom stereocenters. The number of carbonyl (C=O) groups is 4. The van der Waals surface area contributed by atoms with E-state index in [0.29, 0.717) is 5.56 Å². The fraction of sp³-hybridized carbons (Fsp3) is 0.148. The summed E-state index contributed by atoms with van der Waals surface area (Å²) in [5, 5.41) is 9.92. The third-order valence-corrected chi connectivity index (χ3v) is 6.11. The van der Waals surface area contributed by atoms with E-state index in [4.69, 9.17) is 16.4 Å². The first kappa shape index (κ1) is 24.2. The van der Waals surface area contributed by atoms with Crippen molar-refractivity contribution >= 4 is 46.4 Å². The van der Waals surface area contributed by atoms with E-state index in [1.54, 1.807) is 23.8 Å². The van der Waals surface area contributed by atoms with E-state index in [0.717, 1.165) is 15.8 Å². The zero-order valence-electron chi connectivity index (χ0n) is 19.7. The summed E-state index contributed by atoms with van der Waals surface area (Å²) >= 11 is 0. The van der Waals surface area contributed by atoms with Crippen LogP contribution in [0.2, 0.25) is 0 Å². The normalized spacial score (nSPS) is 15.8. The highest BCUT2D eigenvalue weighted by Crippen LogP contribution is 2.34. The number of hydrogen-bond acceptors (Lipinski definition) is 5. The number of fused-ring (bicyclic) bond motifs is 1. The minimum Gasteiger partial charge on any atom is -0.478 e. The van der Waals surface area contributed by atoms with Gasteiger partial charge in [0.1, 0.15) is 6.04 Å². The summed E-state index contributed by atoms with van der Waals surface area (Å²) in [6.45, 7) is 10.8. The Morgan fingerprint density at radius 2 is 1.75 bits per heavy atom. The van der Waals surface area contributed by atoms with Gasteiger partial charge in [0, 0.05) is 28.2 Å². The van der Waals surface area contributed by atoms with Gasteiger partial charge in [-0.25, -0.2) is 14.4 Å². The van der Waals surface area contributed by atoms with Crippen LogP contribution in [0.5, 0.6) is 0 Å². The predicted octanol–water partition coefficient (Wildman–Crippen LogP) is 4.22. The number of esters is 1. The smallest absolute Gasteiger partial charge is 0.335 e. The third kappa shape index (κ3) is 3.95. The number of para-hydroxylation sites is 1. The largest absolute Gasteiger partial charge is 0.478 e. The van der Waals surface area contributed by atoms with Crippen LogP contribution in [0.25, 0.3) is 21.8 Å². The Kier molecular flexibility index (Phi) is 6.27. The molecule has 2 amide bonds. The molecule has 3 aromatic rings. The van der Waals surface area contributed by atoms with E-state index in [9.17, 15) is 19.2 Å². The molecule has 4 rings (SSSR count). The number of benzene rings is 2. The minimum absolute atomic E-state index is 0.00363. The van der Waals surface area contributed by atoms with Crippen LogP contribution in [0.4, 0.5) is 5.69 Å². The first-order chi connectivity index (χ1) is 17.2. The van der Waals surface area contributed by atoms with Crippen LogP contribution >= 0.6 is 0 Å². The van der Waals surface area contributed by atoms with Crippen LogP contribution in [0.15, 0.2) is 71.6 Å². The molecule has 9 heteroatoms. The summed E-state index contributed by atoms with van der Waals surface area (Å²) in [5.74, 6) is -3.01. The highest BCUT2D eigenvalue weighted by Gasteiger charge is 2.37. The molecule has 1 aromatic heterocycles. The summed E-state index contributed by atoms with van der Waals surface area (Å²) in [6.07, 6.45) is 3.32. The van der Waals surface area contributed by atoms with E-state index in [1.807, 2.05) is 24.3 Å². The fourth-order valence-corrected chi connectivity index (χ4v) is 4.16. The summed E-state index contributed by atoms with van der Waals surface area (Å²) in [7, 11) is 1.31. The quantitative estimate of drug-likeness (QED) is 0.252. The number of hydrogen-bond donors (Lipinski definition) is 1. The van der Waals surface area contributed by atoms with E-state index in [1.165, 1.54) is 38.3 Å². The number of carbonyl (C=O) groups excluding carboxylic acids is 3. The molecule has 0 bridgehead atoms. The Labute approximate surface area is 206 Å². The molecule has 0 saturated heterocycles. The van der Waals surface area contributed by atoms with Gasteiger partial charge in [-0.2, -0.15) is 0 Å². The second-order valence-electron chi connectivity index (χ2n) is 8.15. The number of imide groups is 1. The Morgan fingerprint density at radius 1 is 1.08 bits per heavy atom.